The first-order valence-electron chi connectivity index (χ1n) is 4.94. The van der Waals surface area contributed by atoms with Gasteiger partial charge in [-0.1, -0.05) is 0 Å². The minimum Gasteiger partial charge on any atom is -0.328 e. The Balaban J connectivity index is 2.26. The van der Waals surface area contributed by atoms with Crippen LogP contribution in [-0.4, -0.2) is 16.0 Å². The van der Waals surface area contributed by atoms with Crippen LogP contribution in [0.3, 0.4) is 0 Å². The first-order chi connectivity index (χ1) is 6.60. The molecule has 0 radical (unpaired) electrons. The van der Waals surface area contributed by atoms with Crippen LogP contribution in [0, 0.1) is 6.92 Å². The molecular weight excluding hydrogens is 176 g/mol. The molecule has 0 saturated heterocycles. The van der Waals surface area contributed by atoms with E-state index in [2.05, 4.69) is 9.97 Å². The molecule has 2 unspecified atom stereocenters. The molecule has 1 aromatic rings. The van der Waals surface area contributed by atoms with E-state index in [-0.39, 0.29) is 11.6 Å². The van der Waals surface area contributed by atoms with Crippen molar-refractivity contribution < 1.29 is 0 Å². The van der Waals surface area contributed by atoms with E-state index in [0.29, 0.717) is 0 Å². The molecule has 0 spiro atoms. The van der Waals surface area contributed by atoms with E-state index < -0.39 is 0 Å². The summed E-state index contributed by atoms with van der Waals surface area (Å²) in [5.74, 6) is 0. The largest absolute Gasteiger partial charge is 0.328 e. The Bertz CT molecular complexity index is 321. The van der Waals surface area contributed by atoms with E-state index in [4.69, 9.17) is 11.5 Å². The predicted molar refractivity (Wildman–Crippen MR) is 54.5 cm³/mol. The van der Waals surface area contributed by atoms with E-state index in [1.54, 1.807) is 12.4 Å². The highest BCUT2D eigenvalue weighted by molar-refractivity contribution is 5.15. The van der Waals surface area contributed by atoms with Gasteiger partial charge >= 0.3 is 0 Å². The van der Waals surface area contributed by atoms with Crippen molar-refractivity contribution in [2.24, 2.45) is 11.5 Å². The quantitative estimate of drug-likeness (QED) is 0.677. The number of hydrogen-bond acceptors (Lipinski definition) is 4. The SMILES string of the molecule is Cc1cnc(C2(N)CCC(N)C2)cn1. The lowest BCUT2D eigenvalue weighted by Gasteiger charge is -2.22. The second-order valence-corrected chi connectivity index (χ2v) is 4.20. The van der Waals surface area contributed by atoms with Crippen LogP contribution in [0.4, 0.5) is 0 Å². The Morgan fingerprint density at radius 1 is 1.43 bits per heavy atom. The van der Waals surface area contributed by atoms with Crippen LogP contribution in [-0.2, 0) is 5.54 Å². The molecule has 1 aromatic heterocycles. The van der Waals surface area contributed by atoms with Crippen LogP contribution in [0.2, 0.25) is 0 Å². The summed E-state index contributed by atoms with van der Waals surface area (Å²) in [6.45, 7) is 1.92. The number of nitrogens with two attached hydrogens (primary N) is 2. The van der Waals surface area contributed by atoms with Crippen molar-refractivity contribution in [1.82, 2.24) is 9.97 Å². The van der Waals surface area contributed by atoms with E-state index in [0.717, 1.165) is 30.7 Å². The lowest BCUT2D eigenvalue weighted by Crippen LogP contribution is -2.36. The molecule has 2 atom stereocenters. The standard InChI is InChI=1S/C10H16N4/c1-7-5-14-9(6-13-7)10(12)3-2-8(11)4-10/h5-6,8H,2-4,11-12H2,1H3. The molecule has 4 heteroatoms. The second-order valence-electron chi connectivity index (χ2n) is 4.20. The van der Waals surface area contributed by atoms with Gasteiger partial charge in [0.15, 0.2) is 0 Å². The number of rotatable bonds is 1. The van der Waals surface area contributed by atoms with Crippen molar-refractivity contribution in [1.29, 1.82) is 0 Å². The van der Waals surface area contributed by atoms with E-state index >= 15 is 0 Å². The molecule has 1 saturated carbocycles. The monoisotopic (exact) mass is 192 g/mol. The van der Waals surface area contributed by atoms with Gasteiger partial charge in [-0.2, -0.15) is 0 Å². The molecule has 4 nitrogen and oxygen atoms in total. The third-order valence-corrected chi connectivity index (χ3v) is 2.88. The summed E-state index contributed by atoms with van der Waals surface area (Å²) in [6, 6.07) is 0.211. The third kappa shape index (κ3) is 1.63. The zero-order chi connectivity index (χ0) is 10.2. The minimum atomic E-state index is -0.347. The molecule has 4 N–H and O–H groups in total. The average Bonchev–Trinajstić information content (AvgIpc) is 2.48. The van der Waals surface area contributed by atoms with Crippen molar-refractivity contribution in [2.75, 3.05) is 0 Å². The predicted octanol–water partition coefficient (Wildman–Crippen LogP) is 0.450. The Labute approximate surface area is 83.7 Å². The minimum absolute atomic E-state index is 0.211. The van der Waals surface area contributed by atoms with Crippen molar-refractivity contribution >= 4 is 0 Å². The molecule has 0 amide bonds. The zero-order valence-corrected chi connectivity index (χ0v) is 8.40. The normalized spacial score (nSPS) is 32.1. The van der Waals surface area contributed by atoms with Crippen molar-refractivity contribution in [3.8, 4) is 0 Å². The lowest BCUT2D eigenvalue weighted by atomic mass is 9.95. The highest BCUT2D eigenvalue weighted by Crippen LogP contribution is 2.34. The fourth-order valence-corrected chi connectivity index (χ4v) is 2.00. The molecule has 1 aliphatic rings. The first kappa shape index (κ1) is 9.55. The highest BCUT2D eigenvalue weighted by Gasteiger charge is 2.36. The maximum absolute atomic E-state index is 6.24. The maximum Gasteiger partial charge on any atom is 0.0786 e. The summed E-state index contributed by atoms with van der Waals surface area (Å²) in [4.78, 5) is 8.53. The Morgan fingerprint density at radius 2 is 2.21 bits per heavy atom. The molecule has 0 bridgehead atoms. The number of aryl methyl sites for hydroxylation is 1. The molecule has 1 heterocycles. The average molecular weight is 192 g/mol. The number of hydrogen-bond donors (Lipinski definition) is 2. The zero-order valence-electron chi connectivity index (χ0n) is 8.40. The summed E-state index contributed by atoms with van der Waals surface area (Å²) < 4.78 is 0. The Morgan fingerprint density at radius 3 is 2.71 bits per heavy atom. The fraction of sp³-hybridized carbons (Fsp3) is 0.600. The topological polar surface area (TPSA) is 77.8 Å². The van der Waals surface area contributed by atoms with Crippen molar-refractivity contribution in [3.05, 3.63) is 23.8 Å². The summed E-state index contributed by atoms with van der Waals surface area (Å²) in [7, 11) is 0. The molecule has 0 aromatic carbocycles. The van der Waals surface area contributed by atoms with Gasteiger partial charge in [-0.3, -0.25) is 9.97 Å². The Hall–Kier alpha value is -1.00. The molecule has 2 rings (SSSR count). The highest BCUT2D eigenvalue weighted by atomic mass is 14.9. The van der Waals surface area contributed by atoms with Crippen LogP contribution in [0.5, 0.6) is 0 Å². The van der Waals surface area contributed by atoms with Crippen LogP contribution < -0.4 is 11.5 Å². The summed E-state index contributed by atoms with van der Waals surface area (Å²) in [6.07, 6.45) is 6.23. The van der Waals surface area contributed by atoms with Gasteiger partial charge < -0.3 is 11.5 Å². The molecule has 0 aliphatic heterocycles. The van der Waals surface area contributed by atoms with Crippen molar-refractivity contribution in [3.63, 3.8) is 0 Å². The van der Waals surface area contributed by atoms with Crippen LogP contribution in [0.15, 0.2) is 12.4 Å². The summed E-state index contributed by atoms with van der Waals surface area (Å²) >= 11 is 0. The molecular formula is C10H16N4. The van der Waals surface area contributed by atoms with E-state index in [9.17, 15) is 0 Å². The van der Waals surface area contributed by atoms with Gasteiger partial charge in [-0.05, 0) is 26.2 Å². The maximum atomic E-state index is 6.24. The van der Waals surface area contributed by atoms with Gasteiger partial charge in [0.25, 0.3) is 0 Å². The third-order valence-electron chi connectivity index (χ3n) is 2.88. The molecule has 76 valence electrons. The fourth-order valence-electron chi connectivity index (χ4n) is 2.00. The van der Waals surface area contributed by atoms with Gasteiger partial charge in [0, 0.05) is 12.2 Å². The molecule has 1 aliphatic carbocycles. The van der Waals surface area contributed by atoms with Gasteiger partial charge in [0.05, 0.1) is 23.1 Å². The molecule has 1 fully saturated rings. The van der Waals surface area contributed by atoms with Crippen molar-refractivity contribution in [2.45, 2.75) is 37.8 Å². The van der Waals surface area contributed by atoms with E-state index in [1.165, 1.54) is 0 Å². The van der Waals surface area contributed by atoms with Crippen LogP contribution >= 0.6 is 0 Å². The van der Waals surface area contributed by atoms with Crippen LogP contribution in [0.1, 0.15) is 30.7 Å². The summed E-state index contributed by atoms with van der Waals surface area (Å²) in [5.41, 5.74) is 13.5. The molecule has 14 heavy (non-hydrogen) atoms. The number of nitrogens with zero attached hydrogens (tertiary/aromatic N) is 2. The van der Waals surface area contributed by atoms with Crippen LogP contribution in [0.25, 0.3) is 0 Å². The second kappa shape index (κ2) is 3.29. The summed E-state index contributed by atoms with van der Waals surface area (Å²) in [5, 5.41) is 0. The van der Waals surface area contributed by atoms with Gasteiger partial charge in [0.2, 0.25) is 0 Å². The Kier molecular flexibility index (Phi) is 2.25. The smallest absolute Gasteiger partial charge is 0.0786 e. The van der Waals surface area contributed by atoms with Gasteiger partial charge in [-0.25, -0.2) is 0 Å². The van der Waals surface area contributed by atoms with Gasteiger partial charge in [-0.15, -0.1) is 0 Å². The lowest BCUT2D eigenvalue weighted by molar-refractivity contribution is 0.437. The van der Waals surface area contributed by atoms with Gasteiger partial charge in [0.1, 0.15) is 0 Å². The number of aromatic nitrogens is 2. The van der Waals surface area contributed by atoms with E-state index in [1.807, 2.05) is 6.92 Å². The first-order valence-corrected chi connectivity index (χ1v) is 4.94.